The molecule has 1 atom stereocenters. The highest BCUT2D eigenvalue weighted by Crippen LogP contribution is 2.29. The van der Waals surface area contributed by atoms with Crippen molar-refractivity contribution in [3.63, 3.8) is 0 Å². The molecule has 1 saturated heterocycles. The van der Waals surface area contributed by atoms with Crippen LogP contribution in [-0.4, -0.2) is 29.7 Å². The van der Waals surface area contributed by atoms with Crippen LogP contribution < -0.4 is 0 Å². The Balaban J connectivity index is 1.99. The lowest BCUT2D eigenvalue weighted by molar-refractivity contribution is -0.137. The van der Waals surface area contributed by atoms with Gasteiger partial charge in [0, 0.05) is 24.6 Å². The molecule has 25 heavy (non-hydrogen) atoms. The fourth-order valence-electron chi connectivity index (χ4n) is 2.52. The van der Waals surface area contributed by atoms with Crippen molar-refractivity contribution in [1.29, 1.82) is 0 Å². The summed E-state index contributed by atoms with van der Waals surface area (Å²) in [6.07, 6.45) is -3.02. The van der Waals surface area contributed by atoms with Crippen molar-refractivity contribution in [3.8, 4) is 11.8 Å². The first-order valence-electron chi connectivity index (χ1n) is 8.21. The molecule has 136 valence electrons. The van der Waals surface area contributed by atoms with Crippen molar-refractivity contribution in [1.82, 2.24) is 4.90 Å². The number of amides is 1. The Morgan fingerprint density at radius 1 is 1.20 bits per heavy atom. The van der Waals surface area contributed by atoms with Gasteiger partial charge in [-0.1, -0.05) is 11.8 Å². The number of rotatable bonds is 0. The second-order valence-electron chi connectivity index (χ2n) is 7.11. The van der Waals surface area contributed by atoms with E-state index >= 15 is 0 Å². The fraction of sp³-hybridized carbons (Fsp3) is 0.526. The van der Waals surface area contributed by atoms with Gasteiger partial charge in [-0.2, -0.15) is 13.2 Å². The molecule has 0 radical (unpaired) electrons. The van der Waals surface area contributed by atoms with E-state index in [0.29, 0.717) is 18.7 Å². The Hall–Kier alpha value is -2.16. The van der Waals surface area contributed by atoms with Crippen LogP contribution in [0.2, 0.25) is 0 Å². The van der Waals surface area contributed by atoms with Gasteiger partial charge in [-0.05, 0) is 57.9 Å². The van der Waals surface area contributed by atoms with Gasteiger partial charge in [-0.3, -0.25) is 0 Å². The molecule has 0 spiro atoms. The topological polar surface area (TPSA) is 29.5 Å². The van der Waals surface area contributed by atoms with Crippen molar-refractivity contribution < 1.29 is 22.7 Å². The normalized spacial score (nSPS) is 18.3. The number of carbonyl (C=O) groups is 1. The number of benzene rings is 1. The van der Waals surface area contributed by atoms with E-state index in [1.54, 1.807) is 4.90 Å². The Bertz CT molecular complexity index is 663. The predicted molar refractivity (Wildman–Crippen MR) is 88.9 cm³/mol. The van der Waals surface area contributed by atoms with Gasteiger partial charge in [-0.15, -0.1) is 0 Å². The maximum Gasteiger partial charge on any atom is 0.416 e. The number of hydrogen-bond acceptors (Lipinski definition) is 2. The quantitative estimate of drug-likeness (QED) is 0.633. The zero-order valence-electron chi connectivity index (χ0n) is 14.6. The second-order valence-corrected chi connectivity index (χ2v) is 7.11. The number of likely N-dealkylation sites (tertiary alicyclic amines) is 1. The van der Waals surface area contributed by atoms with Crippen LogP contribution in [0.25, 0.3) is 0 Å². The first-order valence-corrected chi connectivity index (χ1v) is 8.21. The lowest BCUT2D eigenvalue weighted by atomic mass is 9.98. The van der Waals surface area contributed by atoms with E-state index in [-0.39, 0.29) is 12.0 Å². The highest BCUT2D eigenvalue weighted by molar-refractivity contribution is 5.68. The summed E-state index contributed by atoms with van der Waals surface area (Å²) < 4.78 is 43.0. The summed E-state index contributed by atoms with van der Waals surface area (Å²) in [5.74, 6) is 5.96. The molecule has 0 aliphatic carbocycles. The zero-order chi connectivity index (χ0) is 18.7. The van der Waals surface area contributed by atoms with Crippen molar-refractivity contribution in [2.45, 2.75) is 45.4 Å². The van der Waals surface area contributed by atoms with Gasteiger partial charge < -0.3 is 9.64 Å². The molecule has 1 heterocycles. The monoisotopic (exact) mass is 353 g/mol. The van der Waals surface area contributed by atoms with Gasteiger partial charge in [0.05, 0.1) is 5.56 Å². The lowest BCUT2D eigenvalue weighted by Crippen LogP contribution is -2.42. The third-order valence-electron chi connectivity index (χ3n) is 3.71. The van der Waals surface area contributed by atoms with Crippen LogP contribution in [0.4, 0.5) is 18.0 Å². The van der Waals surface area contributed by atoms with E-state index in [1.807, 2.05) is 20.8 Å². The molecule has 3 nitrogen and oxygen atoms in total. The number of halogens is 3. The molecule has 1 fully saturated rings. The van der Waals surface area contributed by atoms with E-state index in [4.69, 9.17) is 4.74 Å². The van der Waals surface area contributed by atoms with E-state index in [9.17, 15) is 18.0 Å². The van der Waals surface area contributed by atoms with Gasteiger partial charge >= 0.3 is 12.3 Å². The van der Waals surface area contributed by atoms with Crippen LogP contribution in [0.15, 0.2) is 24.3 Å². The van der Waals surface area contributed by atoms with E-state index in [1.165, 1.54) is 12.1 Å². The highest BCUT2D eigenvalue weighted by Gasteiger charge is 2.30. The van der Waals surface area contributed by atoms with Crippen molar-refractivity contribution in [3.05, 3.63) is 35.4 Å². The summed E-state index contributed by atoms with van der Waals surface area (Å²) in [4.78, 5) is 13.8. The van der Waals surface area contributed by atoms with Gasteiger partial charge in [-0.25, -0.2) is 4.79 Å². The molecule has 0 N–H and O–H groups in total. The molecule has 1 aliphatic heterocycles. The summed E-state index contributed by atoms with van der Waals surface area (Å²) in [6.45, 7) is 6.56. The molecule has 1 aromatic rings. The molecule has 2 rings (SSSR count). The highest BCUT2D eigenvalue weighted by atomic mass is 19.4. The Morgan fingerprint density at radius 3 is 2.40 bits per heavy atom. The van der Waals surface area contributed by atoms with Crippen LogP contribution in [0.3, 0.4) is 0 Å². The first-order chi connectivity index (χ1) is 11.5. The van der Waals surface area contributed by atoms with E-state index in [0.717, 1.165) is 25.0 Å². The molecular formula is C19H22F3NO2. The Morgan fingerprint density at radius 2 is 1.84 bits per heavy atom. The summed E-state index contributed by atoms with van der Waals surface area (Å²) in [7, 11) is 0. The molecule has 0 bridgehead atoms. The number of alkyl halides is 3. The zero-order valence-corrected chi connectivity index (χ0v) is 14.6. The van der Waals surface area contributed by atoms with Crippen molar-refractivity contribution >= 4 is 6.09 Å². The van der Waals surface area contributed by atoms with Gasteiger partial charge in [0.15, 0.2) is 0 Å². The number of carbonyl (C=O) groups excluding carboxylic acids is 1. The lowest BCUT2D eigenvalue weighted by Gasteiger charge is -2.32. The summed E-state index contributed by atoms with van der Waals surface area (Å²) in [5, 5.41) is 0. The fourth-order valence-corrected chi connectivity index (χ4v) is 2.52. The third-order valence-corrected chi connectivity index (χ3v) is 3.71. The maximum atomic E-state index is 12.5. The average molecular weight is 353 g/mol. The van der Waals surface area contributed by atoms with Crippen LogP contribution in [0, 0.1) is 17.8 Å². The molecule has 0 aromatic heterocycles. The number of piperidine rings is 1. The molecule has 0 saturated carbocycles. The van der Waals surface area contributed by atoms with Crippen LogP contribution in [0.1, 0.15) is 44.7 Å². The van der Waals surface area contributed by atoms with Crippen LogP contribution in [0.5, 0.6) is 0 Å². The molecule has 1 aromatic carbocycles. The van der Waals surface area contributed by atoms with Gasteiger partial charge in [0.25, 0.3) is 0 Å². The molecule has 1 unspecified atom stereocenters. The van der Waals surface area contributed by atoms with E-state index < -0.39 is 17.3 Å². The molecular weight excluding hydrogens is 331 g/mol. The van der Waals surface area contributed by atoms with Crippen LogP contribution in [-0.2, 0) is 10.9 Å². The minimum absolute atomic E-state index is 0.0106. The largest absolute Gasteiger partial charge is 0.444 e. The van der Waals surface area contributed by atoms with Crippen molar-refractivity contribution in [2.24, 2.45) is 5.92 Å². The standard InChI is InChI=1S/C19H22F3NO2/c1-18(2,3)25-17(24)23-12-4-5-15(13-23)7-6-14-8-10-16(11-9-14)19(20,21)22/h8-11,15H,4-5,12-13H2,1-3H3. The molecule has 1 amide bonds. The minimum atomic E-state index is -4.34. The van der Waals surface area contributed by atoms with Gasteiger partial charge in [0.2, 0.25) is 0 Å². The predicted octanol–water partition coefficient (Wildman–Crippen LogP) is 4.70. The number of nitrogens with zero attached hydrogens (tertiary/aromatic N) is 1. The summed E-state index contributed by atoms with van der Waals surface area (Å²) in [6, 6.07) is 4.78. The number of hydrogen-bond donors (Lipinski definition) is 0. The Kier molecular flexibility index (Phi) is 5.66. The van der Waals surface area contributed by atoms with E-state index in [2.05, 4.69) is 11.8 Å². The van der Waals surface area contributed by atoms with Gasteiger partial charge in [0.1, 0.15) is 5.60 Å². The molecule has 1 aliphatic rings. The van der Waals surface area contributed by atoms with Crippen molar-refractivity contribution in [2.75, 3.05) is 13.1 Å². The smallest absolute Gasteiger partial charge is 0.416 e. The van der Waals surface area contributed by atoms with Crippen LogP contribution >= 0.6 is 0 Å². The summed E-state index contributed by atoms with van der Waals surface area (Å²) >= 11 is 0. The Labute approximate surface area is 146 Å². The average Bonchev–Trinajstić information content (AvgIpc) is 2.51. The third kappa shape index (κ3) is 6.00. The second kappa shape index (κ2) is 7.38. The number of ether oxygens (including phenoxy) is 1. The first kappa shape index (κ1) is 19.2. The SMILES string of the molecule is CC(C)(C)OC(=O)N1CCCC(C#Cc2ccc(C(F)(F)F)cc2)C1. The minimum Gasteiger partial charge on any atom is -0.444 e. The molecule has 6 heteroatoms. The summed E-state index contributed by atoms with van der Waals surface area (Å²) in [5.41, 5.74) is -0.704. The maximum absolute atomic E-state index is 12.5.